The Labute approximate surface area is 249 Å². The molecule has 1 heterocycles. The zero-order chi connectivity index (χ0) is 30.2. The average molecular weight is 579 g/mol. The molecule has 0 atom stereocenters. The summed E-state index contributed by atoms with van der Waals surface area (Å²) in [6.07, 6.45) is 1.44. The zero-order valence-corrected chi connectivity index (χ0v) is 23.7. The highest BCUT2D eigenvalue weighted by Crippen LogP contribution is 2.30. The number of nitrogens with zero attached hydrogens (tertiary/aromatic N) is 1. The Morgan fingerprint density at radius 3 is 2.12 bits per heavy atom. The fraction of sp³-hybridized carbons (Fsp3) is 0.147. The summed E-state index contributed by atoms with van der Waals surface area (Å²) in [7, 11) is 1.52. The van der Waals surface area contributed by atoms with E-state index >= 15 is 0 Å². The topological polar surface area (TPSA) is 103 Å². The first-order valence-corrected chi connectivity index (χ1v) is 13.7. The van der Waals surface area contributed by atoms with E-state index in [1.165, 1.54) is 13.2 Å². The number of benzene rings is 4. The average Bonchev–Trinajstić information content (AvgIpc) is 3.03. The number of carbonyl (C=O) groups excluding carboxylic acids is 3. The van der Waals surface area contributed by atoms with Gasteiger partial charge in [0.2, 0.25) is 0 Å². The van der Waals surface area contributed by atoms with E-state index < -0.39 is 17.8 Å². The summed E-state index contributed by atoms with van der Waals surface area (Å²) in [5.41, 5.74) is 2.70. The second-order valence-corrected chi connectivity index (χ2v) is 9.50. The molecule has 1 N–H and O–H groups in total. The van der Waals surface area contributed by atoms with Crippen LogP contribution < -0.4 is 29.2 Å². The van der Waals surface area contributed by atoms with Crippen LogP contribution in [-0.4, -0.2) is 31.6 Å². The first-order valence-electron chi connectivity index (χ1n) is 13.7. The van der Waals surface area contributed by atoms with E-state index in [9.17, 15) is 14.4 Å². The summed E-state index contributed by atoms with van der Waals surface area (Å²) >= 11 is 0. The lowest BCUT2D eigenvalue weighted by molar-refractivity contribution is -0.122. The lowest BCUT2D eigenvalue weighted by Crippen LogP contribution is -2.54. The molecule has 218 valence electrons. The molecule has 4 aromatic rings. The maximum Gasteiger partial charge on any atom is 0.335 e. The van der Waals surface area contributed by atoms with Gasteiger partial charge >= 0.3 is 6.03 Å². The summed E-state index contributed by atoms with van der Waals surface area (Å²) in [6, 6.07) is 28.1. The van der Waals surface area contributed by atoms with E-state index in [0.29, 0.717) is 54.1 Å². The second-order valence-electron chi connectivity index (χ2n) is 9.50. The van der Waals surface area contributed by atoms with Crippen LogP contribution in [0, 0.1) is 0 Å². The van der Waals surface area contributed by atoms with Crippen molar-refractivity contribution in [3.63, 3.8) is 0 Å². The summed E-state index contributed by atoms with van der Waals surface area (Å²) in [4.78, 5) is 39.0. The van der Waals surface area contributed by atoms with Crippen molar-refractivity contribution in [1.82, 2.24) is 5.32 Å². The summed E-state index contributed by atoms with van der Waals surface area (Å²) < 4.78 is 22.9. The van der Waals surface area contributed by atoms with Gasteiger partial charge in [-0.15, -0.1) is 0 Å². The van der Waals surface area contributed by atoms with Gasteiger partial charge in [0.15, 0.2) is 11.5 Å². The molecule has 5 rings (SSSR count). The molecule has 0 aliphatic carbocycles. The highest BCUT2D eigenvalue weighted by molar-refractivity contribution is 6.39. The third-order valence-electron chi connectivity index (χ3n) is 6.57. The fourth-order valence-corrected chi connectivity index (χ4v) is 4.38. The predicted octanol–water partition coefficient (Wildman–Crippen LogP) is 5.92. The Morgan fingerprint density at radius 1 is 0.721 bits per heavy atom. The van der Waals surface area contributed by atoms with Crippen molar-refractivity contribution >= 4 is 29.6 Å². The Balaban J connectivity index is 1.24. The normalized spacial score (nSPS) is 14.0. The number of anilines is 1. The molecule has 1 fully saturated rings. The van der Waals surface area contributed by atoms with Crippen LogP contribution in [-0.2, 0) is 22.8 Å². The van der Waals surface area contributed by atoms with Gasteiger partial charge in [0.05, 0.1) is 19.4 Å². The highest BCUT2D eigenvalue weighted by atomic mass is 16.5. The molecule has 0 aromatic heterocycles. The number of urea groups is 1. The van der Waals surface area contributed by atoms with Crippen LogP contribution in [0.2, 0.25) is 0 Å². The molecule has 0 saturated carbocycles. The third kappa shape index (κ3) is 7.02. The molecule has 0 radical (unpaired) electrons. The van der Waals surface area contributed by atoms with E-state index in [2.05, 4.69) is 5.32 Å². The number of imide groups is 2. The quantitative estimate of drug-likeness (QED) is 0.174. The second kappa shape index (κ2) is 13.4. The Kier molecular flexibility index (Phi) is 9.02. The molecule has 1 aliphatic heterocycles. The number of amides is 4. The molecule has 1 aliphatic rings. The van der Waals surface area contributed by atoms with Crippen LogP contribution >= 0.6 is 0 Å². The number of nitrogens with one attached hydrogen (secondary N) is 1. The van der Waals surface area contributed by atoms with Gasteiger partial charge in [0.25, 0.3) is 11.8 Å². The van der Waals surface area contributed by atoms with Crippen LogP contribution in [0.15, 0.2) is 103 Å². The van der Waals surface area contributed by atoms with E-state index in [0.717, 1.165) is 16.0 Å². The number of rotatable bonds is 11. The molecule has 0 bridgehead atoms. The molecule has 0 unspecified atom stereocenters. The largest absolute Gasteiger partial charge is 0.497 e. The number of ether oxygens (including phenoxy) is 4. The predicted molar refractivity (Wildman–Crippen MR) is 161 cm³/mol. The number of hydrogen-bond acceptors (Lipinski definition) is 7. The van der Waals surface area contributed by atoms with Crippen molar-refractivity contribution < 1.29 is 33.3 Å². The molecule has 4 aromatic carbocycles. The lowest BCUT2D eigenvalue weighted by atomic mass is 10.1. The van der Waals surface area contributed by atoms with Crippen LogP contribution in [0.25, 0.3) is 6.08 Å². The van der Waals surface area contributed by atoms with Gasteiger partial charge in [0, 0.05) is 0 Å². The Hall–Kier alpha value is -5.57. The summed E-state index contributed by atoms with van der Waals surface area (Å²) in [6.45, 7) is 3.14. The number of methoxy groups -OCH3 is 1. The molecule has 9 nitrogen and oxygen atoms in total. The molecule has 43 heavy (non-hydrogen) atoms. The lowest BCUT2D eigenvalue weighted by Gasteiger charge is -2.26. The van der Waals surface area contributed by atoms with Gasteiger partial charge in [-0.2, -0.15) is 0 Å². The van der Waals surface area contributed by atoms with Crippen LogP contribution in [0.5, 0.6) is 23.0 Å². The maximum absolute atomic E-state index is 13.1. The monoisotopic (exact) mass is 578 g/mol. The van der Waals surface area contributed by atoms with Gasteiger partial charge < -0.3 is 18.9 Å². The van der Waals surface area contributed by atoms with Crippen molar-refractivity contribution in [2.75, 3.05) is 18.6 Å². The van der Waals surface area contributed by atoms with Gasteiger partial charge in [-0.25, -0.2) is 9.69 Å². The van der Waals surface area contributed by atoms with Crippen molar-refractivity contribution in [2.24, 2.45) is 0 Å². The van der Waals surface area contributed by atoms with E-state index in [1.54, 1.807) is 48.5 Å². The van der Waals surface area contributed by atoms with Crippen LogP contribution in [0.3, 0.4) is 0 Å². The standard InChI is InChI=1S/C34H30N2O7/c1-3-41-31-20-25(11-18-30(31)43-21-24-7-5-4-6-8-24)22-42-28-14-9-23(10-15-28)19-29-32(37)35-34(39)36(33(29)38)26-12-16-27(40-2)17-13-26/h4-20H,3,21-22H2,1-2H3,(H,35,37,39)/b29-19+. The van der Waals surface area contributed by atoms with Crippen LogP contribution in [0.1, 0.15) is 23.6 Å². The summed E-state index contributed by atoms with van der Waals surface area (Å²) in [5, 5.41) is 2.22. The van der Waals surface area contributed by atoms with Gasteiger partial charge in [-0.05, 0) is 78.2 Å². The molecular weight excluding hydrogens is 548 g/mol. The highest BCUT2D eigenvalue weighted by Gasteiger charge is 2.36. The van der Waals surface area contributed by atoms with E-state index in [-0.39, 0.29) is 5.57 Å². The first-order chi connectivity index (χ1) is 20.9. The minimum absolute atomic E-state index is 0.165. The molecule has 4 amide bonds. The molecule has 1 saturated heterocycles. The minimum Gasteiger partial charge on any atom is -0.497 e. The molecule has 0 spiro atoms. The molecular formula is C34H30N2O7. The van der Waals surface area contributed by atoms with Crippen molar-refractivity contribution in [3.8, 4) is 23.0 Å². The fourth-order valence-electron chi connectivity index (χ4n) is 4.38. The zero-order valence-electron chi connectivity index (χ0n) is 23.7. The SMILES string of the molecule is CCOc1cc(COc2ccc(/C=C3\C(=O)NC(=O)N(c4ccc(OC)cc4)C3=O)cc2)ccc1OCc1ccccc1. The first kappa shape index (κ1) is 28.9. The number of barbiturate groups is 1. The maximum atomic E-state index is 13.1. The van der Waals surface area contributed by atoms with Gasteiger partial charge in [-0.3, -0.25) is 14.9 Å². The van der Waals surface area contributed by atoms with Crippen molar-refractivity contribution in [2.45, 2.75) is 20.1 Å². The Bertz CT molecular complexity index is 1630. The minimum atomic E-state index is -0.815. The van der Waals surface area contributed by atoms with Crippen molar-refractivity contribution in [3.05, 3.63) is 119 Å². The Morgan fingerprint density at radius 2 is 1.42 bits per heavy atom. The smallest absolute Gasteiger partial charge is 0.335 e. The van der Waals surface area contributed by atoms with E-state index in [1.807, 2.05) is 55.5 Å². The van der Waals surface area contributed by atoms with Gasteiger partial charge in [-0.1, -0.05) is 48.5 Å². The third-order valence-corrected chi connectivity index (χ3v) is 6.57. The summed E-state index contributed by atoms with van der Waals surface area (Å²) in [5.74, 6) is 0.975. The van der Waals surface area contributed by atoms with Crippen LogP contribution in [0.4, 0.5) is 10.5 Å². The van der Waals surface area contributed by atoms with Crippen molar-refractivity contribution in [1.29, 1.82) is 0 Å². The number of carbonyl (C=O) groups is 3. The van der Waals surface area contributed by atoms with E-state index in [4.69, 9.17) is 18.9 Å². The number of hydrogen-bond donors (Lipinski definition) is 1. The molecule has 9 heteroatoms. The van der Waals surface area contributed by atoms with Gasteiger partial charge in [0.1, 0.15) is 30.3 Å².